The van der Waals surface area contributed by atoms with Crippen molar-refractivity contribution in [3.63, 3.8) is 0 Å². The van der Waals surface area contributed by atoms with E-state index in [1.54, 1.807) is 12.1 Å². The lowest BCUT2D eigenvalue weighted by molar-refractivity contribution is -0.115. The number of ether oxygens (including phenoxy) is 1. The van der Waals surface area contributed by atoms with Crippen LogP contribution in [0.1, 0.15) is 6.42 Å². The van der Waals surface area contributed by atoms with Gasteiger partial charge in [0.05, 0.1) is 30.8 Å². The number of anilines is 1. The molecule has 0 saturated carbocycles. The van der Waals surface area contributed by atoms with Crippen LogP contribution in [-0.4, -0.2) is 51.6 Å². The minimum absolute atomic E-state index is 0.0625. The highest BCUT2D eigenvalue weighted by Gasteiger charge is 2.28. The number of hydrogen-bond donors (Lipinski definition) is 3. The lowest BCUT2D eigenvalue weighted by atomic mass is 10.3. The van der Waals surface area contributed by atoms with Crippen LogP contribution in [0.4, 0.5) is 10.5 Å². The number of amides is 3. The molecular formula is C14H18ClN3O5S. The van der Waals surface area contributed by atoms with Gasteiger partial charge in [0.1, 0.15) is 5.75 Å². The van der Waals surface area contributed by atoms with E-state index in [9.17, 15) is 18.0 Å². The van der Waals surface area contributed by atoms with E-state index in [0.29, 0.717) is 22.9 Å². The molecule has 10 heteroatoms. The highest BCUT2D eigenvalue weighted by molar-refractivity contribution is 7.91. The van der Waals surface area contributed by atoms with Gasteiger partial charge >= 0.3 is 6.03 Å². The maximum Gasteiger partial charge on any atom is 0.315 e. The number of sulfone groups is 1. The number of hydrogen-bond acceptors (Lipinski definition) is 5. The fraction of sp³-hybridized carbons (Fsp3) is 0.429. The Kier molecular flexibility index (Phi) is 5.89. The van der Waals surface area contributed by atoms with E-state index in [0.717, 1.165) is 0 Å². The fourth-order valence-corrected chi connectivity index (χ4v) is 4.12. The summed E-state index contributed by atoms with van der Waals surface area (Å²) in [6.07, 6.45) is 0.377. The van der Waals surface area contributed by atoms with Gasteiger partial charge in [-0.1, -0.05) is 11.6 Å². The molecular weight excluding hydrogens is 358 g/mol. The fourth-order valence-electron chi connectivity index (χ4n) is 2.28. The van der Waals surface area contributed by atoms with Crippen LogP contribution in [0.2, 0.25) is 5.02 Å². The molecule has 3 amide bonds. The summed E-state index contributed by atoms with van der Waals surface area (Å²) >= 11 is 5.87. The van der Waals surface area contributed by atoms with E-state index in [2.05, 4.69) is 16.0 Å². The van der Waals surface area contributed by atoms with E-state index in [1.807, 2.05) is 0 Å². The van der Waals surface area contributed by atoms with Crippen LogP contribution >= 0.6 is 11.6 Å². The van der Waals surface area contributed by atoms with Gasteiger partial charge in [-0.15, -0.1) is 0 Å². The monoisotopic (exact) mass is 375 g/mol. The first kappa shape index (κ1) is 18.3. The van der Waals surface area contributed by atoms with Gasteiger partial charge in [-0.05, 0) is 24.6 Å². The lowest BCUT2D eigenvalue weighted by Crippen LogP contribution is -2.45. The maximum atomic E-state index is 11.9. The molecule has 0 aliphatic carbocycles. The van der Waals surface area contributed by atoms with Crippen LogP contribution in [-0.2, 0) is 14.6 Å². The Hall–Kier alpha value is -2.00. The number of carbonyl (C=O) groups is 2. The largest absolute Gasteiger partial charge is 0.495 e. The third kappa shape index (κ3) is 5.27. The topological polar surface area (TPSA) is 114 Å². The Morgan fingerprint density at radius 3 is 2.75 bits per heavy atom. The summed E-state index contributed by atoms with van der Waals surface area (Å²) in [7, 11) is -1.61. The summed E-state index contributed by atoms with van der Waals surface area (Å²) in [6.45, 7) is -0.277. The molecule has 24 heavy (non-hydrogen) atoms. The second-order valence-corrected chi connectivity index (χ2v) is 7.98. The van der Waals surface area contributed by atoms with Gasteiger partial charge < -0.3 is 20.7 Å². The predicted octanol–water partition coefficient (Wildman–Crippen LogP) is 0.773. The van der Waals surface area contributed by atoms with Gasteiger partial charge in [-0.3, -0.25) is 4.79 Å². The average Bonchev–Trinajstić information content (AvgIpc) is 2.84. The first-order valence-electron chi connectivity index (χ1n) is 7.17. The summed E-state index contributed by atoms with van der Waals surface area (Å²) in [5, 5.41) is 7.92. The second kappa shape index (κ2) is 7.71. The minimum atomic E-state index is -3.07. The van der Waals surface area contributed by atoms with Crippen molar-refractivity contribution in [3.8, 4) is 5.75 Å². The van der Waals surface area contributed by atoms with Gasteiger partial charge in [0.2, 0.25) is 5.91 Å². The van der Waals surface area contributed by atoms with Crippen molar-refractivity contribution in [2.75, 3.05) is 30.5 Å². The zero-order valence-corrected chi connectivity index (χ0v) is 14.5. The molecule has 1 saturated heterocycles. The molecule has 0 bridgehead atoms. The molecule has 0 radical (unpaired) electrons. The van der Waals surface area contributed by atoms with E-state index < -0.39 is 27.8 Å². The molecule has 3 N–H and O–H groups in total. The smallest absolute Gasteiger partial charge is 0.315 e. The minimum Gasteiger partial charge on any atom is -0.495 e. The first-order valence-corrected chi connectivity index (χ1v) is 9.37. The Morgan fingerprint density at radius 1 is 1.38 bits per heavy atom. The Morgan fingerprint density at radius 2 is 2.12 bits per heavy atom. The van der Waals surface area contributed by atoms with Crippen LogP contribution in [0.5, 0.6) is 5.75 Å². The van der Waals surface area contributed by atoms with Gasteiger partial charge in [-0.25, -0.2) is 13.2 Å². The van der Waals surface area contributed by atoms with Crippen molar-refractivity contribution in [3.05, 3.63) is 23.2 Å². The second-order valence-electron chi connectivity index (χ2n) is 5.32. The molecule has 132 valence electrons. The highest BCUT2D eigenvalue weighted by Crippen LogP contribution is 2.27. The zero-order valence-electron chi connectivity index (χ0n) is 13.0. The van der Waals surface area contributed by atoms with Crippen LogP contribution < -0.4 is 20.7 Å². The lowest BCUT2D eigenvalue weighted by Gasteiger charge is -2.13. The summed E-state index contributed by atoms with van der Waals surface area (Å²) in [6, 6.07) is 3.74. The number of urea groups is 1. The SMILES string of the molecule is COc1ccc(Cl)cc1NC(=O)CNC(=O)N[C@@H]1CCS(=O)(=O)C1. The molecule has 0 spiro atoms. The number of carbonyl (C=O) groups excluding carboxylic acids is 2. The molecule has 1 heterocycles. The molecule has 1 aliphatic rings. The molecule has 8 nitrogen and oxygen atoms in total. The van der Waals surface area contributed by atoms with Crippen molar-refractivity contribution >= 4 is 39.1 Å². The average molecular weight is 376 g/mol. The number of methoxy groups -OCH3 is 1. The molecule has 2 rings (SSSR count). The molecule has 0 aromatic heterocycles. The van der Waals surface area contributed by atoms with Crippen molar-refractivity contribution in [1.29, 1.82) is 0 Å². The summed E-state index contributed by atoms with van der Waals surface area (Å²) in [5.74, 6) is -0.0441. The van der Waals surface area contributed by atoms with Crippen LogP contribution in [0.3, 0.4) is 0 Å². The van der Waals surface area contributed by atoms with E-state index in [1.165, 1.54) is 13.2 Å². The van der Waals surface area contributed by atoms with Crippen molar-refractivity contribution in [2.45, 2.75) is 12.5 Å². The Bertz CT molecular complexity index is 738. The normalized spacial score (nSPS) is 18.7. The third-order valence-corrected chi connectivity index (χ3v) is 5.42. The van der Waals surface area contributed by atoms with Crippen LogP contribution in [0, 0.1) is 0 Å². The molecule has 1 aromatic carbocycles. The number of rotatable bonds is 5. The number of nitrogens with one attached hydrogen (secondary N) is 3. The zero-order chi connectivity index (χ0) is 17.7. The summed E-state index contributed by atoms with van der Waals surface area (Å²) in [4.78, 5) is 23.6. The molecule has 0 unspecified atom stereocenters. The van der Waals surface area contributed by atoms with E-state index in [4.69, 9.17) is 16.3 Å². The molecule has 1 aliphatic heterocycles. The Balaban J connectivity index is 1.81. The van der Waals surface area contributed by atoms with Crippen molar-refractivity contribution in [2.24, 2.45) is 0 Å². The quantitative estimate of drug-likeness (QED) is 0.703. The molecule has 1 fully saturated rings. The summed E-state index contributed by atoms with van der Waals surface area (Å²) in [5.41, 5.74) is 0.388. The Labute approximate surface area is 144 Å². The number of benzene rings is 1. The van der Waals surface area contributed by atoms with Crippen LogP contribution in [0.15, 0.2) is 18.2 Å². The first-order chi connectivity index (χ1) is 11.3. The van der Waals surface area contributed by atoms with Gasteiger partial charge in [0, 0.05) is 11.1 Å². The van der Waals surface area contributed by atoms with Gasteiger partial charge in [0.25, 0.3) is 0 Å². The standard InChI is InChI=1S/C14H18ClN3O5S/c1-23-12-3-2-9(15)6-11(12)18-13(19)7-16-14(20)17-10-4-5-24(21,22)8-10/h2-3,6,10H,4-5,7-8H2,1H3,(H,18,19)(H2,16,17,20)/t10-/m1/s1. The van der Waals surface area contributed by atoms with Crippen LogP contribution in [0.25, 0.3) is 0 Å². The molecule has 1 atom stereocenters. The van der Waals surface area contributed by atoms with Gasteiger partial charge in [-0.2, -0.15) is 0 Å². The number of halogens is 1. The van der Waals surface area contributed by atoms with Crippen molar-refractivity contribution < 1.29 is 22.7 Å². The third-order valence-electron chi connectivity index (χ3n) is 3.41. The highest BCUT2D eigenvalue weighted by atomic mass is 35.5. The van der Waals surface area contributed by atoms with E-state index >= 15 is 0 Å². The van der Waals surface area contributed by atoms with Crippen molar-refractivity contribution in [1.82, 2.24) is 10.6 Å². The van der Waals surface area contributed by atoms with Gasteiger partial charge in [0.15, 0.2) is 9.84 Å². The van der Waals surface area contributed by atoms with E-state index in [-0.39, 0.29) is 18.1 Å². The molecule has 1 aromatic rings. The maximum absolute atomic E-state index is 11.9. The summed E-state index contributed by atoms with van der Waals surface area (Å²) < 4.78 is 27.7. The predicted molar refractivity (Wildman–Crippen MR) is 90.2 cm³/mol.